The molecule has 45 heavy (non-hydrogen) atoms. The first-order valence-corrected chi connectivity index (χ1v) is 13.6. The fourth-order valence-corrected chi connectivity index (χ4v) is 4.92. The first-order valence-electron chi connectivity index (χ1n) is 13.6. The van der Waals surface area contributed by atoms with E-state index in [-0.39, 0.29) is 29.2 Å². The van der Waals surface area contributed by atoms with Crippen LogP contribution < -0.4 is 4.74 Å². The van der Waals surface area contributed by atoms with Crippen molar-refractivity contribution < 1.29 is 45.7 Å². The van der Waals surface area contributed by atoms with Gasteiger partial charge in [-0.1, -0.05) is 12.1 Å². The summed E-state index contributed by atoms with van der Waals surface area (Å²) < 4.78 is 97.8. The van der Waals surface area contributed by atoms with Crippen LogP contribution in [0.2, 0.25) is 0 Å². The summed E-state index contributed by atoms with van der Waals surface area (Å²) in [5, 5.41) is 9.43. The van der Waals surface area contributed by atoms with Crippen molar-refractivity contribution in [3.8, 4) is 17.3 Å². The molecule has 1 atom stereocenters. The number of benzene rings is 3. The van der Waals surface area contributed by atoms with Crippen LogP contribution in [0.1, 0.15) is 45.7 Å². The standard InChI is InChI=1S/C31H22F6N4O4/c32-21-7-15(29(36)37)1-2-17(21)14-45-31-38-12-24(35)28(40-31)20-11-22(33)18(8-23(20)34)10-27-39-25-4-3-16(30(42)43)9-26(25)41(27)13-19-5-6-44-19/h1-4,7-9,11-12,19,29H,5-6,10,13-14H2,(H,42,43)/t19-/m0/s1. The third-order valence-corrected chi connectivity index (χ3v) is 7.40. The topological polar surface area (TPSA) is 99.4 Å². The fraction of sp³-hybridized carbons (Fsp3) is 0.226. The Morgan fingerprint density at radius 2 is 1.76 bits per heavy atom. The molecule has 3 aromatic carbocycles. The van der Waals surface area contributed by atoms with Crippen LogP contribution in [0.15, 0.2) is 54.7 Å². The molecule has 6 rings (SSSR count). The number of fused-ring (bicyclic) bond motifs is 1. The Bertz CT molecular complexity index is 1930. The molecule has 0 amide bonds. The summed E-state index contributed by atoms with van der Waals surface area (Å²) in [5.74, 6) is -4.74. The van der Waals surface area contributed by atoms with Gasteiger partial charge in [-0.25, -0.2) is 41.1 Å². The lowest BCUT2D eigenvalue weighted by atomic mass is 10.0. The van der Waals surface area contributed by atoms with Crippen LogP contribution >= 0.6 is 0 Å². The van der Waals surface area contributed by atoms with E-state index in [0.29, 0.717) is 42.3 Å². The van der Waals surface area contributed by atoms with Gasteiger partial charge in [0, 0.05) is 29.7 Å². The smallest absolute Gasteiger partial charge is 0.335 e. The molecular formula is C31H22F6N4O4. The van der Waals surface area contributed by atoms with Crippen LogP contribution in [0.5, 0.6) is 6.01 Å². The van der Waals surface area contributed by atoms with Crippen LogP contribution in [0.25, 0.3) is 22.3 Å². The number of carboxylic acids is 1. The molecule has 3 heterocycles. The van der Waals surface area contributed by atoms with Gasteiger partial charge >= 0.3 is 12.0 Å². The highest BCUT2D eigenvalue weighted by Crippen LogP contribution is 2.30. The number of hydrogen-bond donors (Lipinski definition) is 1. The lowest BCUT2D eigenvalue weighted by molar-refractivity contribution is -0.0589. The molecule has 232 valence electrons. The largest absolute Gasteiger partial charge is 0.478 e. The zero-order chi connectivity index (χ0) is 31.8. The minimum Gasteiger partial charge on any atom is -0.478 e. The predicted molar refractivity (Wildman–Crippen MR) is 147 cm³/mol. The van der Waals surface area contributed by atoms with Crippen LogP contribution in [0, 0.1) is 23.3 Å². The average molecular weight is 629 g/mol. The molecule has 14 heteroatoms. The van der Waals surface area contributed by atoms with Crippen molar-refractivity contribution in [2.24, 2.45) is 0 Å². The third kappa shape index (κ3) is 6.18. The van der Waals surface area contributed by atoms with Crippen molar-refractivity contribution in [2.75, 3.05) is 6.61 Å². The summed E-state index contributed by atoms with van der Waals surface area (Å²) in [7, 11) is 0. The number of alkyl halides is 2. The minimum atomic E-state index is -2.87. The maximum absolute atomic E-state index is 15.4. The molecule has 0 aliphatic carbocycles. The van der Waals surface area contributed by atoms with E-state index < -0.39 is 65.1 Å². The number of ether oxygens (including phenoxy) is 2. The van der Waals surface area contributed by atoms with Gasteiger partial charge < -0.3 is 19.1 Å². The summed E-state index contributed by atoms with van der Waals surface area (Å²) in [5.41, 5.74) is -0.877. The fourth-order valence-electron chi connectivity index (χ4n) is 4.92. The Labute approximate surface area is 250 Å². The third-order valence-electron chi connectivity index (χ3n) is 7.40. The number of carbonyl (C=O) groups is 1. The SMILES string of the molecule is O=C(O)c1ccc2nc(Cc3cc(F)c(-c4nc(OCc5ccc(C(F)F)cc5F)ncc4F)cc3F)n(C[C@@H]3CCO3)c2c1. The zero-order valence-corrected chi connectivity index (χ0v) is 23.1. The lowest BCUT2D eigenvalue weighted by Crippen LogP contribution is -2.31. The van der Waals surface area contributed by atoms with E-state index in [1.54, 1.807) is 4.57 Å². The quantitative estimate of drug-likeness (QED) is 0.173. The summed E-state index contributed by atoms with van der Waals surface area (Å²) in [4.78, 5) is 23.5. The Hall–Kier alpha value is -4.98. The van der Waals surface area contributed by atoms with E-state index in [2.05, 4.69) is 15.0 Å². The van der Waals surface area contributed by atoms with Gasteiger partial charge in [0.05, 0.1) is 35.4 Å². The van der Waals surface area contributed by atoms with E-state index in [1.807, 2.05) is 0 Å². The molecule has 1 aliphatic heterocycles. The molecule has 0 radical (unpaired) electrons. The first-order chi connectivity index (χ1) is 21.6. The molecule has 0 spiro atoms. The predicted octanol–water partition coefficient (Wildman–Crippen LogP) is 6.64. The summed E-state index contributed by atoms with van der Waals surface area (Å²) >= 11 is 0. The van der Waals surface area contributed by atoms with Gasteiger partial charge in [-0.05, 0) is 48.4 Å². The number of nitrogens with zero attached hydrogens (tertiary/aromatic N) is 4. The monoisotopic (exact) mass is 628 g/mol. The second kappa shape index (κ2) is 12.2. The number of halogens is 6. The normalized spacial score (nSPS) is 14.6. The van der Waals surface area contributed by atoms with Crippen molar-refractivity contribution >= 4 is 17.0 Å². The summed E-state index contributed by atoms with van der Waals surface area (Å²) in [6.07, 6.45) is -1.75. The molecule has 0 bridgehead atoms. The van der Waals surface area contributed by atoms with E-state index in [1.165, 1.54) is 18.2 Å². The number of aromatic carboxylic acids is 1. The van der Waals surface area contributed by atoms with Crippen molar-refractivity contribution in [1.29, 1.82) is 0 Å². The maximum Gasteiger partial charge on any atom is 0.335 e. The van der Waals surface area contributed by atoms with Crippen molar-refractivity contribution in [3.63, 3.8) is 0 Å². The van der Waals surface area contributed by atoms with Gasteiger partial charge in [-0.15, -0.1) is 0 Å². The molecule has 1 N–H and O–H groups in total. The minimum absolute atomic E-state index is 0.0383. The van der Waals surface area contributed by atoms with Crippen LogP contribution in [-0.4, -0.2) is 43.3 Å². The molecule has 2 aromatic heterocycles. The Kier molecular flexibility index (Phi) is 8.14. The van der Waals surface area contributed by atoms with Gasteiger partial charge in [0.2, 0.25) is 0 Å². The molecule has 5 aromatic rings. The van der Waals surface area contributed by atoms with Gasteiger partial charge in [0.25, 0.3) is 6.43 Å². The second-order valence-electron chi connectivity index (χ2n) is 10.3. The van der Waals surface area contributed by atoms with E-state index >= 15 is 8.78 Å². The number of aromatic nitrogens is 4. The second-order valence-corrected chi connectivity index (χ2v) is 10.3. The van der Waals surface area contributed by atoms with Crippen molar-refractivity contribution in [2.45, 2.75) is 38.5 Å². The highest BCUT2D eigenvalue weighted by molar-refractivity contribution is 5.92. The Morgan fingerprint density at radius 3 is 2.44 bits per heavy atom. The van der Waals surface area contributed by atoms with Crippen molar-refractivity contribution in [1.82, 2.24) is 19.5 Å². The van der Waals surface area contributed by atoms with Crippen molar-refractivity contribution in [3.05, 3.63) is 106 Å². The number of hydrogen-bond acceptors (Lipinski definition) is 6. The number of carboxylic acid groups (broad SMARTS) is 1. The first kappa shape index (κ1) is 30.1. The highest BCUT2D eigenvalue weighted by Gasteiger charge is 2.24. The van der Waals surface area contributed by atoms with E-state index in [9.17, 15) is 27.5 Å². The molecule has 1 aliphatic rings. The molecule has 8 nitrogen and oxygen atoms in total. The van der Waals surface area contributed by atoms with Gasteiger partial charge in [0.1, 0.15) is 35.6 Å². The maximum atomic E-state index is 15.4. The van der Waals surface area contributed by atoms with Gasteiger partial charge in [-0.3, -0.25) is 0 Å². The zero-order valence-electron chi connectivity index (χ0n) is 23.1. The molecule has 1 saturated heterocycles. The van der Waals surface area contributed by atoms with E-state index in [4.69, 9.17) is 9.47 Å². The average Bonchev–Trinajstić information content (AvgIpc) is 3.32. The van der Waals surface area contributed by atoms with Crippen LogP contribution in [0.4, 0.5) is 26.3 Å². The highest BCUT2D eigenvalue weighted by atomic mass is 19.3. The lowest BCUT2D eigenvalue weighted by Gasteiger charge is -2.27. The summed E-state index contributed by atoms with van der Waals surface area (Å²) in [6.45, 7) is 0.398. The molecule has 0 saturated carbocycles. The number of rotatable bonds is 10. The number of imidazole rings is 1. The molecule has 1 fully saturated rings. The van der Waals surface area contributed by atoms with Crippen LogP contribution in [0.3, 0.4) is 0 Å². The Morgan fingerprint density at radius 1 is 0.978 bits per heavy atom. The van der Waals surface area contributed by atoms with Gasteiger partial charge in [0.15, 0.2) is 5.82 Å². The van der Waals surface area contributed by atoms with Gasteiger partial charge in [-0.2, -0.15) is 4.98 Å². The molecule has 0 unspecified atom stereocenters. The van der Waals surface area contributed by atoms with Crippen LogP contribution in [-0.2, 0) is 24.3 Å². The summed E-state index contributed by atoms with van der Waals surface area (Å²) in [6, 6.07) is 8.33. The Balaban J connectivity index is 1.27. The molecular weight excluding hydrogens is 606 g/mol. The van der Waals surface area contributed by atoms with E-state index in [0.717, 1.165) is 30.7 Å².